The van der Waals surface area contributed by atoms with E-state index in [4.69, 9.17) is 9.47 Å². The Balaban J connectivity index is 2.60. The zero-order valence-electron chi connectivity index (χ0n) is 10.3. The predicted molar refractivity (Wildman–Crippen MR) is 56.7 cm³/mol. The minimum Gasteiger partial charge on any atom is -0.347 e. The molecule has 104 valence electrons. The van der Waals surface area contributed by atoms with Crippen molar-refractivity contribution in [1.82, 2.24) is 15.0 Å². The van der Waals surface area contributed by atoms with Crippen molar-refractivity contribution in [3.63, 3.8) is 0 Å². The van der Waals surface area contributed by atoms with Crippen LogP contribution >= 0.6 is 0 Å². The van der Waals surface area contributed by atoms with Crippen molar-refractivity contribution in [2.45, 2.75) is 39.3 Å². The molecule has 0 atom stereocenters. The molecule has 0 aromatic carbocycles. The van der Waals surface area contributed by atoms with E-state index in [0.29, 0.717) is 18.9 Å². The lowest BCUT2D eigenvalue weighted by Crippen LogP contribution is -2.12. The van der Waals surface area contributed by atoms with Crippen LogP contribution in [0.3, 0.4) is 0 Å². The molecule has 0 spiro atoms. The summed E-state index contributed by atoms with van der Waals surface area (Å²) in [5.74, 6) is 0. The van der Waals surface area contributed by atoms with E-state index in [1.165, 1.54) is 6.20 Å². The summed E-state index contributed by atoms with van der Waals surface area (Å²) in [5.41, 5.74) is 0.376. The molecule has 0 bridgehead atoms. The van der Waals surface area contributed by atoms with Gasteiger partial charge in [0.15, 0.2) is 0 Å². The van der Waals surface area contributed by atoms with Gasteiger partial charge < -0.3 is 9.47 Å². The highest BCUT2D eigenvalue weighted by atomic mass is 19.4. The fourth-order valence-electron chi connectivity index (χ4n) is 1.29. The van der Waals surface area contributed by atoms with Gasteiger partial charge in [-0.05, 0) is 13.8 Å². The molecule has 0 aliphatic heterocycles. The summed E-state index contributed by atoms with van der Waals surface area (Å²) >= 11 is 0. The Morgan fingerprint density at radius 1 is 1.28 bits per heavy atom. The van der Waals surface area contributed by atoms with Crippen LogP contribution in [0.5, 0.6) is 0 Å². The normalized spacial score (nSPS) is 12.3. The molecule has 1 heterocycles. The highest BCUT2D eigenvalue weighted by Gasteiger charge is 2.27. The van der Waals surface area contributed by atoms with Gasteiger partial charge in [0, 0.05) is 13.2 Å². The molecule has 0 fully saturated rings. The largest absolute Gasteiger partial charge is 0.390 e. The second kappa shape index (κ2) is 6.69. The summed E-state index contributed by atoms with van der Waals surface area (Å²) in [6, 6.07) is 0. The average molecular weight is 267 g/mol. The van der Waals surface area contributed by atoms with E-state index in [1.54, 1.807) is 13.8 Å². The third-order valence-corrected chi connectivity index (χ3v) is 2.06. The molecule has 1 aromatic heterocycles. The molecule has 18 heavy (non-hydrogen) atoms. The summed E-state index contributed by atoms with van der Waals surface area (Å²) in [4.78, 5) is 0. The van der Waals surface area contributed by atoms with Gasteiger partial charge in [-0.25, -0.2) is 0 Å². The van der Waals surface area contributed by atoms with Gasteiger partial charge in [-0.1, -0.05) is 5.21 Å². The Morgan fingerprint density at radius 3 is 2.39 bits per heavy atom. The van der Waals surface area contributed by atoms with Crippen molar-refractivity contribution in [3.8, 4) is 0 Å². The molecule has 1 rings (SSSR count). The van der Waals surface area contributed by atoms with E-state index >= 15 is 0 Å². The Morgan fingerprint density at radius 2 is 1.89 bits per heavy atom. The number of aryl methyl sites for hydroxylation is 1. The van der Waals surface area contributed by atoms with Gasteiger partial charge in [0.25, 0.3) is 0 Å². The maximum absolute atomic E-state index is 12.0. The summed E-state index contributed by atoms with van der Waals surface area (Å²) in [7, 11) is 0. The molecule has 0 amide bonds. The Labute approximate surface area is 103 Å². The number of halogens is 3. The highest BCUT2D eigenvalue weighted by Crippen LogP contribution is 2.21. The van der Waals surface area contributed by atoms with E-state index in [1.807, 2.05) is 0 Å². The van der Waals surface area contributed by atoms with Crippen LogP contribution in [0, 0.1) is 0 Å². The van der Waals surface area contributed by atoms with Gasteiger partial charge in [-0.3, -0.25) is 4.68 Å². The molecule has 5 nitrogen and oxygen atoms in total. The molecular formula is C10H16F3N3O2. The Kier molecular flexibility index (Phi) is 5.54. The molecule has 1 aromatic rings. The third kappa shape index (κ3) is 5.01. The lowest BCUT2D eigenvalue weighted by Gasteiger charge is -2.13. The van der Waals surface area contributed by atoms with Crippen molar-refractivity contribution < 1.29 is 22.6 Å². The number of hydrogen-bond donors (Lipinski definition) is 0. The van der Waals surface area contributed by atoms with Crippen LogP contribution in [-0.2, 0) is 16.0 Å². The van der Waals surface area contributed by atoms with Gasteiger partial charge in [-0.15, -0.1) is 5.10 Å². The fraction of sp³-hybridized carbons (Fsp3) is 0.800. The predicted octanol–water partition coefficient (Wildman–Crippen LogP) is 2.30. The summed E-state index contributed by atoms with van der Waals surface area (Å²) < 4.78 is 47.8. The van der Waals surface area contributed by atoms with Crippen molar-refractivity contribution in [1.29, 1.82) is 0 Å². The van der Waals surface area contributed by atoms with Crippen molar-refractivity contribution >= 4 is 0 Å². The number of ether oxygens (including phenoxy) is 2. The highest BCUT2D eigenvalue weighted by molar-refractivity contribution is 4.94. The molecule has 0 aliphatic carbocycles. The van der Waals surface area contributed by atoms with Crippen LogP contribution < -0.4 is 0 Å². The van der Waals surface area contributed by atoms with Crippen molar-refractivity contribution in [2.75, 3.05) is 13.2 Å². The zero-order chi connectivity index (χ0) is 13.6. The van der Waals surface area contributed by atoms with Crippen LogP contribution in [0.4, 0.5) is 13.2 Å². The molecular weight excluding hydrogens is 251 g/mol. The first-order chi connectivity index (χ1) is 8.46. The Bertz CT molecular complexity index is 348. The number of nitrogens with zero attached hydrogens (tertiary/aromatic N) is 3. The van der Waals surface area contributed by atoms with Crippen molar-refractivity contribution in [2.24, 2.45) is 0 Å². The summed E-state index contributed by atoms with van der Waals surface area (Å²) in [6.07, 6.45) is -4.42. The van der Waals surface area contributed by atoms with E-state index < -0.39 is 18.9 Å². The molecule has 8 heteroatoms. The molecule has 0 saturated heterocycles. The first-order valence-electron chi connectivity index (χ1n) is 5.66. The van der Waals surface area contributed by atoms with Crippen molar-refractivity contribution in [3.05, 3.63) is 11.9 Å². The maximum atomic E-state index is 12.0. The zero-order valence-corrected chi connectivity index (χ0v) is 10.3. The van der Waals surface area contributed by atoms with Crippen LogP contribution in [0.1, 0.15) is 32.3 Å². The second-order valence-corrected chi connectivity index (χ2v) is 3.51. The Hall–Kier alpha value is -1.15. The topological polar surface area (TPSA) is 49.2 Å². The van der Waals surface area contributed by atoms with Gasteiger partial charge >= 0.3 is 6.18 Å². The van der Waals surface area contributed by atoms with Gasteiger partial charge in [0.2, 0.25) is 6.29 Å². The van der Waals surface area contributed by atoms with Crippen LogP contribution in [0.2, 0.25) is 0 Å². The molecule has 0 aliphatic rings. The number of rotatable bonds is 7. The van der Waals surface area contributed by atoms with Gasteiger partial charge in [-0.2, -0.15) is 13.2 Å². The first-order valence-corrected chi connectivity index (χ1v) is 5.66. The van der Waals surface area contributed by atoms with E-state index in [2.05, 4.69) is 10.3 Å². The van der Waals surface area contributed by atoms with E-state index in [-0.39, 0.29) is 6.54 Å². The smallest absolute Gasteiger partial charge is 0.347 e. The molecule has 0 unspecified atom stereocenters. The number of hydrogen-bond acceptors (Lipinski definition) is 4. The van der Waals surface area contributed by atoms with Gasteiger partial charge in [0.05, 0.1) is 19.2 Å². The fourth-order valence-corrected chi connectivity index (χ4v) is 1.29. The lowest BCUT2D eigenvalue weighted by molar-refractivity contribution is -0.142. The number of aromatic nitrogens is 3. The van der Waals surface area contributed by atoms with Crippen LogP contribution in [0.15, 0.2) is 6.20 Å². The van der Waals surface area contributed by atoms with Crippen LogP contribution in [0.25, 0.3) is 0 Å². The monoisotopic (exact) mass is 267 g/mol. The first kappa shape index (κ1) is 14.9. The van der Waals surface area contributed by atoms with Crippen LogP contribution in [-0.4, -0.2) is 34.4 Å². The van der Waals surface area contributed by atoms with Gasteiger partial charge in [0.1, 0.15) is 5.69 Å². The lowest BCUT2D eigenvalue weighted by atomic mass is 10.4. The maximum Gasteiger partial charge on any atom is 0.390 e. The molecule has 0 saturated carbocycles. The third-order valence-electron chi connectivity index (χ3n) is 2.06. The average Bonchev–Trinajstić information content (AvgIpc) is 2.74. The van der Waals surface area contributed by atoms with E-state index in [9.17, 15) is 13.2 Å². The number of alkyl halides is 3. The molecule has 0 N–H and O–H groups in total. The minimum atomic E-state index is -4.20. The SMILES string of the molecule is CCOC(OCC)c1cn(CCC(F)(F)F)nn1. The summed E-state index contributed by atoms with van der Waals surface area (Å²) in [5, 5.41) is 7.36. The molecule has 0 radical (unpaired) electrons. The summed E-state index contributed by atoms with van der Waals surface area (Å²) in [6.45, 7) is 4.15. The van der Waals surface area contributed by atoms with E-state index in [0.717, 1.165) is 4.68 Å². The quantitative estimate of drug-likeness (QED) is 0.711. The minimum absolute atomic E-state index is 0.262. The second-order valence-electron chi connectivity index (χ2n) is 3.51. The standard InChI is InChI=1S/C10H16F3N3O2/c1-3-17-9(18-4-2)8-7-16(15-14-8)6-5-10(11,12)13/h7,9H,3-6H2,1-2H3.